The zero-order valence-corrected chi connectivity index (χ0v) is 13.1. The molecule has 0 bridgehead atoms. The van der Waals surface area contributed by atoms with Crippen molar-refractivity contribution in [3.05, 3.63) is 42.0 Å². The van der Waals surface area contributed by atoms with E-state index in [0.717, 1.165) is 38.4 Å². The zero-order valence-electron chi connectivity index (χ0n) is 12.2. The summed E-state index contributed by atoms with van der Waals surface area (Å²) in [5.41, 5.74) is 0.991. The number of hydrogen-bond donors (Lipinski definition) is 0. The van der Waals surface area contributed by atoms with E-state index in [1.807, 2.05) is 37.3 Å². The number of morpholine rings is 1. The second kappa shape index (κ2) is 9.55. The van der Waals surface area contributed by atoms with E-state index in [-0.39, 0.29) is 24.5 Å². The molecule has 1 heterocycles. The first-order valence-corrected chi connectivity index (χ1v) is 6.98. The lowest BCUT2D eigenvalue weighted by Gasteiger charge is -2.28. The molecule has 1 aromatic carbocycles. The fraction of sp³-hybridized carbons (Fsp3) is 0.438. The number of hydrogen-bond acceptors (Lipinski definition) is 4. The van der Waals surface area contributed by atoms with E-state index in [2.05, 4.69) is 4.90 Å². The highest BCUT2D eigenvalue weighted by molar-refractivity contribution is 5.87. The number of halogens is 1. The minimum absolute atomic E-state index is 0. The summed E-state index contributed by atoms with van der Waals surface area (Å²) in [6.45, 7) is 6.00. The number of esters is 1. The standard InChI is InChI=1S/C16H21NO3.ClH/c1-14(13-17-9-11-19-12-10-17)20-16(18)8-7-15-5-3-2-4-6-15;/h2-8,14H,9-13H2,1H3;1H. The van der Waals surface area contributed by atoms with Crippen molar-refractivity contribution in [1.29, 1.82) is 0 Å². The average molecular weight is 312 g/mol. The van der Waals surface area contributed by atoms with Gasteiger partial charge in [-0.1, -0.05) is 30.3 Å². The first kappa shape index (κ1) is 17.7. The number of carbonyl (C=O) groups is 1. The molecule has 0 amide bonds. The number of benzene rings is 1. The van der Waals surface area contributed by atoms with Crippen LogP contribution in [0.25, 0.3) is 6.08 Å². The topological polar surface area (TPSA) is 38.8 Å². The Morgan fingerprint density at radius 1 is 1.33 bits per heavy atom. The van der Waals surface area contributed by atoms with Crippen LogP contribution < -0.4 is 0 Å². The van der Waals surface area contributed by atoms with Gasteiger partial charge in [0.2, 0.25) is 0 Å². The summed E-state index contributed by atoms with van der Waals surface area (Å²) in [6, 6.07) is 9.71. The van der Waals surface area contributed by atoms with E-state index in [1.54, 1.807) is 6.08 Å². The Bertz CT molecular complexity index is 444. The number of carbonyl (C=O) groups excluding carboxylic acids is 1. The minimum Gasteiger partial charge on any atom is -0.458 e. The van der Waals surface area contributed by atoms with Crippen molar-refractivity contribution in [2.24, 2.45) is 0 Å². The predicted molar refractivity (Wildman–Crippen MR) is 85.5 cm³/mol. The van der Waals surface area contributed by atoms with Gasteiger partial charge in [-0.15, -0.1) is 12.4 Å². The Morgan fingerprint density at radius 2 is 2.00 bits per heavy atom. The van der Waals surface area contributed by atoms with Gasteiger partial charge in [0.05, 0.1) is 13.2 Å². The van der Waals surface area contributed by atoms with Crippen molar-refractivity contribution in [2.45, 2.75) is 13.0 Å². The third kappa shape index (κ3) is 6.76. The summed E-state index contributed by atoms with van der Waals surface area (Å²) in [4.78, 5) is 14.0. The maximum atomic E-state index is 11.7. The van der Waals surface area contributed by atoms with Crippen LogP contribution in [0.1, 0.15) is 12.5 Å². The van der Waals surface area contributed by atoms with Crippen molar-refractivity contribution in [3.8, 4) is 0 Å². The molecule has 1 saturated heterocycles. The van der Waals surface area contributed by atoms with Crippen molar-refractivity contribution in [1.82, 2.24) is 4.90 Å². The Balaban J connectivity index is 0.00000220. The molecule has 1 atom stereocenters. The normalized spacial score (nSPS) is 17.2. The highest BCUT2D eigenvalue weighted by atomic mass is 35.5. The lowest BCUT2D eigenvalue weighted by molar-refractivity contribution is -0.143. The molecule has 1 unspecified atom stereocenters. The number of ether oxygens (including phenoxy) is 2. The molecule has 1 aliphatic rings. The van der Waals surface area contributed by atoms with Crippen molar-refractivity contribution in [3.63, 3.8) is 0 Å². The molecule has 0 spiro atoms. The van der Waals surface area contributed by atoms with Crippen LogP contribution in [-0.4, -0.2) is 49.8 Å². The molecule has 2 rings (SSSR count). The Kier molecular flexibility index (Phi) is 8.05. The monoisotopic (exact) mass is 311 g/mol. The average Bonchev–Trinajstić information content (AvgIpc) is 2.47. The molecular formula is C16H22ClNO3. The summed E-state index contributed by atoms with van der Waals surface area (Å²) >= 11 is 0. The molecule has 5 heteroatoms. The molecule has 1 aliphatic heterocycles. The maximum absolute atomic E-state index is 11.7. The van der Waals surface area contributed by atoms with Crippen LogP contribution >= 0.6 is 12.4 Å². The van der Waals surface area contributed by atoms with Gasteiger partial charge in [-0.3, -0.25) is 4.90 Å². The molecule has 21 heavy (non-hydrogen) atoms. The van der Waals surface area contributed by atoms with E-state index in [1.165, 1.54) is 6.08 Å². The van der Waals surface area contributed by atoms with Gasteiger partial charge in [-0.25, -0.2) is 4.79 Å². The Morgan fingerprint density at radius 3 is 2.67 bits per heavy atom. The lowest BCUT2D eigenvalue weighted by atomic mass is 10.2. The maximum Gasteiger partial charge on any atom is 0.331 e. The van der Waals surface area contributed by atoms with Gasteiger partial charge >= 0.3 is 5.97 Å². The molecule has 1 aromatic rings. The molecule has 1 fully saturated rings. The third-order valence-electron chi connectivity index (χ3n) is 3.15. The van der Waals surface area contributed by atoms with Crippen LogP contribution in [0.3, 0.4) is 0 Å². The Labute approximate surface area is 132 Å². The van der Waals surface area contributed by atoms with Crippen LogP contribution in [0.15, 0.2) is 36.4 Å². The second-order valence-corrected chi connectivity index (χ2v) is 4.90. The van der Waals surface area contributed by atoms with Crippen molar-refractivity contribution in [2.75, 3.05) is 32.8 Å². The lowest BCUT2D eigenvalue weighted by Crippen LogP contribution is -2.41. The van der Waals surface area contributed by atoms with Gasteiger partial charge in [-0.2, -0.15) is 0 Å². The van der Waals surface area contributed by atoms with Gasteiger partial charge in [0, 0.05) is 25.7 Å². The van der Waals surface area contributed by atoms with Gasteiger partial charge in [0.1, 0.15) is 6.10 Å². The van der Waals surface area contributed by atoms with E-state index >= 15 is 0 Å². The van der Waals surface area contributed by atoms with Gasteiger partial charge in [-0.05, 0) is 18.6 Å². The van der Waals surface area contributed by atoms with Crippen LogP contribution in [0.5, 0.6) is 0 Å². The van der Waals surface area contributed by atoms with Crippen LogP contribution in [0.4, 0.5) is 0 Å². The van der Waals surface area contributed by atoms with Crippen molar-refractivity contribution < 1.29 is 14.3 Å². The SMILES string of the molecule is CC(CN1CCOCC1)OC(=O)C=Cc1ccccc1.Cl. The molecule has 0 aromatic heterocycles. The quantitative estimate of drug-likeness (QED) is 0.618. The van der Waals surface area contributed by atoms with Crippen LogP contribution in [0, 0.1) is 0 Å². The van der Waals surface area contributed by atoms with Gasteiger partial charge in [0.25, 0.3) is 0 Å². The minimum atomic E-state index is -0.297. The van der Waals surface area contributed by atoms with E-state index in [9.17, 15) is 4.79 Å². The number of nitrogens with zero attached hydrogens (tertiary/aromatic N) is 1. The summed E-state index contributed by atoms with van der Waals surface area (Å²) in [7, 11) is 0. The predicted octanol–water partition coefficient (Wildman–Crippen LogP) is 2.39. The largest absolute Gasteiger partial charge is 0.458 e. The number of rotatable bonds is 5. The summed E-state index contributed by atoms with van der Waals surface area (Å²) < 4.78 is 10.7. The molecule has 0 radical (unpaired) electrons. The fourth-order valence-electron chi connectivity index (χ4n) is 2.15. The molecule has 0 saturated carbocycles. The second-order valence-electron chi connectivity index (χ2n) is 4.90. The van der Waals surface area contributed by atoms with Gasteiger partial charge in [0.15, 0.2) is 0 Å². The molecule has 116 valence electrons. The molecular weight excluding hydrogens is 290 g/mol. The summed E-state index contributed by atoms with van der Waals surface area (Å²) in [5, 5.41) is 0. The van der Waals surface area contributed by atoms with E-state index in [0.29, 0.717) is 0 Å². The Hall–Kier alpha value is -1.36. The highest BCUT2D eigenvalue weighted by Crippen LogP contribution is 2.04. The fourth-order valence-corrected chi connectivity index (χ4v) is 2.15. The zero-order chi connectivity index (χ0) is 14.2. The van der Waals surface area contributed by atoms with Gasteiger partial charge < -0.3 is 9.47 Å². The first-order valence-electron chi connectivity index (χ1n) is 6.98. The van der Waals surface area contributed by atoms with Crippen molar-refractivity contribution >= 4 is 24.5 Å². The smallest absolute Gasteiger partial charge is 0.331 e. The summed E-state index contributed by atoms with van der Waals surface area (Å²) in [6.07, 6.45) is 3.13. The van der Waals surface area contributed by atoms with E-state index < -0.39 is 0 Å². The highest BCUT2D eigenvalue weighted by Gasteiger charge is 2.15. The van der Waals surface area contributed by atoms with Crippen LogP contribution in [0.2, 0.25) is 0 Å². The van der Waals surface area contributed by atoms with Crippen LogP contribution in [-0.2, 0) is 14.3 Å². The molecule has 0 N–H and O–H groups in total. The summed E-state index contributed by atoms with van der Waals surface area (Å²) in [5.74, 6) is -0.297. The molecule has 4 nitrogen and oxygen atoms in total. The van der Waals surface area contributed by atoms with E-state index in [4.69, 9.17) is 9.47 Å². The third-order valence-corrected chi connectivity index (χ3v) is 3.15. The molecule has 0 aliphatic carbocycles. The first-order chi connectivity index (χ1) is 9.74.